The predicted octanol–water partition coefficient (Wildman–Crippen LogP) is 13.0. The third-order valence-electron chi connectivity index (χ3n) is 8.47. The maximum atomic E-state index is 12.2. The number of esters is 2. The summed E-state index contributed by atoms with van der Waals surface area (Å²) in [6.45, 7) is 4.03. The molecule has 5 heteroatoms. The summed E-state index contributed by atoms with van der Waals surface area (Å²) in [6, 6.07) is 0. The van der Waals surface area contributed by atoms with E-state index in [1.807, 2.05) is 0 Å². The second-order valence-electron chi connectivity index (χ2n) is 13.4. The molecule has 5 nitrogen and oxygen atoms in total. The van der Waals surface area contributed by atoms with Crippen LogP contribution >= 0.6 is 0 Å². The van der Waals surface area contributed by atoms with Gasteiger partial charge in [0.25, 0.3) is 0 Å². The Morgan fingerprint density at radius 1 is 0.460 bits per heavy atom. The minimum Gasteiger partial charge on any atom is -0.462 e. The van der Waals surface area contributed by atoms with Gasteiger partial charge in [0.05, 0.1) is 6.61 Å². The van der Waals surface area contributed by atoms with E-state index in [4.69, 9.17) is 9.47 Å². The zero-order chi connectivity index (χ0) is 36.4. The molecule has 0 fully saturated rings. The van der Waals surface area contributed by atoms with Crippen LogP contribution in [0.4, 0.5) is 0 Å². The number of carbonyl (C=O) groups excluding carboxylic acids is 2. The topological polar surface area (TPSA) is 72.8 Å². The molecule has 0 aliphatic rings. The summed E-state index contributed by atoms with van der Waals surface area (Å²) in [4.78, 5) is 24.3. The Morgan fingerprint density at radius 2 is 0.820 bits per heavy atom. The molecule has 0 spiro atoms. The molecule has 0 aromatic carbocycles. The van der Waals surface area contributed by atoms with Crippen LogP contribution in [-0.4, -0.2) is 36.4 Å². The monoisotopic (exact) mass is 697 g/mol. The summed E-state index contributed by atoms with van der Waals surface area (Å²) in [5.74, 6) is -0.665. The van der Waals surface area contributed by atoms with E-state index in [2.05, 4.69) is 86.8 Å². The van der Waals surface area contributed by atoms with Gasteiger partial charge in [0.15, 0.2) is 6.10 Å². The van der Waals surface area contributed by atoms with Crippen molar-refractivity contribution in [1.82, 2.24) is 0 Å². The molecular formula is C45H76O5. The Balaban J connectivity index is 3.66. The molecule has 0 aliphatic carbocycles. The second-order valence-corrected chi connectivity index (χ2v) is 13.4. The van der Waals surface area contributed by atoms with Crippen molar-refractivity contribution in [3.63, 3.8) is 0 Å². The maximum absolute atomic E-state index is 12.2. The zero-order valence-electron chi connectivity index (χ0n) is 32.4. The average molecular weight is 697 g/mol. The third kappa shape index (κ3) is 38.1. The van der Waals surface area contributed by atoms with Gasteiger partial charge in [0, 0.05) is 12.8 Å². The summed E-state index contributed by atoms with van der Waals surface area (Å²) in [5.41, 5.74) is 0. The van der Waals surface area contributed by atoms with Crippen molar-refractivity contribution < 1.29 is 24.2 Å². The molecular weight excluding hydrogens is 620 g/mol. The van der Waals surface area contributed by atoms with Gasteiger partial charge in [-0.15, -0.1) is 0 Å². The van der Waals surface area contributed by atoms with Crippen LogP contribution in [0.3, 0.4) is 0 Å². The molecule has 1 N–H and O–H groups in total. The number of aliphatic hydroxyl groups is 1. The van der Waals surface area contributed by atoms with E-state index >= 15 is 0 Å². The molecule has 1 unspecified atom stereocenters. The van der Waals surface area contributed by atoms with Crippen LogP contribution in [0.1, 0.15) is 181 Å². The van der Waals surface area contributed by atoms with Gasteiger partial charge in [0.2, 0.25) is 0 Å². The highest BCUT2D eigenvalue weighted by Gasteiger charge is 2.15. The Morgan fingerprint density at radius 3 is 1.26 bits per heavy atom. The molecule has 286 valence electrons. The van der Waals surface area contributed by atoms with Gasteiger partial charge < -0.3 is 14.6 Å². The zero-order valence-corrected chi connectivity index (χ0v) is 32.4. The number of aliphatic hydroxyl groups excluding tert-OH is 1. The molecule has 0 amide bonds. The Hall–Kier alpha value is -2.66. The molecule has 0 aliphatic heterocycles. The molecule has 0 bridgehead atoms. The largest absolute Gasteiger partial charge is 0.462 e. The molecule has 0 aromatic heterocycles. The van der Waals surface area contributed by atoms with E-state index in [1.54, 1.807) is 0 Å². The normalized spacial score (nSPS) is 12.9. The molecule has 0 aromatic rings. The SMILES string of the molecule is CCCCCC=CCC=CCC=CCC=CCCCC(=O)OC(CO)COC(=O)CCCCCCCCCCCC=CCC=CCCCCC. The number of hydrogen-bond acceptors (Lipinski definition) is 5. The lowest BCUT2D eigenvalue weighted by molar-refractivity contribution is -0.161. The first-order chi connectivity index (χ1) is 24.6. The maximum Gasteiger partial charge on any atom is 0.306 e. The molecule has 0 heterocycles. The summed E-state index contributed by atoms with van der Waals surface area (Å²) in [6.07, 6.45) is 53.9. The van der Waals surface area contributed by atoms with E-state index in [0.717, 1.165) is 51.4 Å². The number of allylic oxidation sites excluding steroid dienone is 12. The lowest BCUT2D eigenvalue weighted by atomic mass is 10.1. The molecule has 0 saturated heterocycles. The summed E-state index contributed by atoms with van der Waals surface area (Å²) in [5, 5.41) is 9.55. The minimum absolute atomic E-state index is 0.0930. The fourth-order valence-electron chi connectivity index (χ4n) is 5.34. The summed E-state index contributed by atoms with van der Waals surface area (Å²) < 4.78 is 10.6. The lowest BCUT2D eigenvalue weighted by Gasteiger charge is -2.15. The average Bonchev–Trinajstić information content (AvgIpc) is 3.12. The van der Waals surface area contributed by atoms with Gasteiger partial charge >= 0.3 is 11.9 Å². The van der Waals surface area contributed by atoms with Crippen molar-refractivity contribution in [3.8, 4) is 0 Å². The number of ether oxygens (including phenoxy) is 2. The number of unbranched alkanes of at least 4 members (excludes halogenated alkanes) is 16. The molecule has 1 atom stereocenters. The minimum atomic E-state index is -0.804. The highest BCUT2D eigenvalue weighted by molar-refractivity contribution is 5.70. The van der Waals surface area contributed by atoms with Crippen LogP contribution in [-0.2, 0) is 19.1 Å². The van der Waals surface area contributed by atoms with Gasteiger partial charge in [-0.25, -0.2) is 0 Å². The van der Waals surface area contributed by atoms with Crippen LogP contribution in [0.2, 0.25) is 0 Å². The highest BCUT2D eigenvalue weighted by Crippen LogP contribution is 2.12. The summed E-state index contributed by atoms with van der Waals surface area (Å²) in [7, 11) is 0. The van der Waals surface area contributed by atoms with Crippen LogP contribution in [0.25, 0.3) is 0 Å². The fraction of sp³-hybridized carbons (Fsp3) is 0.689. The van der Waals surface area contributed by atoms with Gasteiger partial charge in [-0.2, -0.15) is 0 Å². The fourth-order valence-corrected chi connectivity index (χ4v) is 5.34. The molecule has 0 radical (unpaired) electrons. The van der Waals surface area contributed by atoms with Crippen molar-refractivity contribution in [3.05, 3.63) is 72.9 Å². The highest BCUT2D eigenvalue weighted by atomic mass is 16.6. The predicted molar refractivity (Wildman–Crippen MR) is 214 cm³/mol. The Labute approximate surface area is 308 Å². The number of hydrogen-bond donors (Lipinski definition) is 1. The van der Waals surface area contributed by atoms with Crippen molar-refractivity contribution >= 4 is 11.9 Å². The first-order valence-corrected chi connectivity index (χ1v) is 20.5. The molecule has 50 heavy (non-hydrogen) atoms. The van der Waals surface area contributed by atoms with Crippen LogP contribution in [0.5, 0.6) is 0 Å². The van der Waals surface area contributed by atoms with Gasteiger partial charge in [-0.3, -0.25) is 9.59 Å². The second kappa shape index (κ2) is 40.8. The number of rotatable bonds is 36. The molecule has 0 rings (SSSR count). The lowest BCUT2D eigenvalue weighted by Crippen LogP contribution is -2.28. The van der Waals surface area contributed by atoms with Gasteiger partial charge in [-0.05, 0) is 83.5 Å². The Bertz CT molecular complexity index is 926. The van der Waals surface area contributed by atoms with Crippen molar-refractivity contribution in [2.24, 2.45) is 0 Å². The van der Waals surface area contributed by atoms with E-state index in [-0.39, 0.29) is 31.6 Å². The van der Waals surface area contributed by atoms with Crippen LogP contribution < -0.4 is 0 Å². The quantitative estimate of drug-likeness (QED) is 0.0401. The number of carbonyl (C=O) groups is 2. The van der Waals surface area contributed by atoms with Crippen LogP contribution in [0.15, 0.2) is 72.9 Å². The van der Waals surface area contributed by atoms with Gasteiger partial charge in [0.1, 0.15) is 6.61 Å². The van der Waals surface area contributed by atoms with E-state index in [0.29, 0.717) is 12.8 Å². The van der Waals surface area contributed by atoms with E-state index < -0.39 is 6.10 Å². The standard InChI is InChI=1S/C45H76O5/c1-3-5-7-9-11-13-15-17-19-21-22-24-25-27-29-31-33-35-37-39-44(47)49-42-43(41-46)50-45(48)40-38-36-34-32-30-28-26-23-20-18-16-14-12-10-8-6-4-2/h11-14,17-20,26,28,32,34,43,46H,3-10,15-16,21-25,27,29-31,33,35-42H2,1-2H3. The van der Waals surface area contributed by atoms with E-state index in [9.17, 15) is 14.7 Å². The first-order valence-electron chi connectivity index (χ1n) is 20.5. The van der Waals surface area contributed by atoms with Crippen molar-refractivity contribution in [2.45, 2.75) is 187 Å². The molecule has 0 saturated carbocycles. The smallest absolute Gasteiger partial charge is 0.306 e. The van der Waals surface area contributed by atoms with Gasteiger partial charge in [-0.1, -0.05) is 157 Å². The van der Waals surface area contributed by atoms with E-state index in [1.165, 1.54) is 96.3 Å². The third-order valence-corrected chi connectivity index (χ3v) is 8.47. The first kappa shape index (κ1) is 47.3. The van der Waals surface area contributed by atoms with Crippen LogP contribution in [0, 0.1) is 0 Å². The van der Waals surface area contributed by atoms with Crippen molar-refractivity contribution in [2.75, 3.05) is 13.2 Å². The Kier molecular flexibility index (Phi) is 38.6. The summed E-state index contributed by atoms with van der Waals surface area (Å²) >= 11 is 0. The van der Waals surface area contributed by atoms with Crippen molar-refractivity contribution in [1.29, 1.82) is 0 Å².